The van der Waals surface area contributed by atoms with Crippen LogP contribution in [0.5, 0.6) is 0 Å². The highest BCUT2D eigenvalue weighted by Crippen LogP contribution is 2.18. The van der Waals surface area contributed by atoms with Gasteiger partial charge in [0.15, 0.2) is 0 Å². The molecule has 0 aliphatic carbocycles. The Morgan fingerprint density at radius 1 is 1.44 bits per heavy atom. The van der Waals surface area contributed by atoms with E-state index in [9.17, 15) is 18.3 Å². The summed E-state index contributed by atoms with van der Waals surface area (Å²) in [6, 6.07) is 0. The van der Waals surface area contributed by atoms with E-state index in [1.54, 1.807) is 0 Å². The second-order valence-corrected chi connectivity index (χ2v) is 3.98. The molecule has 0 radical (unpaired) electrons. The fourth-order valence-corrected chi connectivity index (χ4v) is 1.66. The molecule has 2 unspecified atom stereocenters. The Hall–Kier alpha value is -0.330. The third-order valence-corrected chi connectivity index (χ3v) is 2.42. The predicted octanol–water partition coefficient (Wildman–Crippen LogP) is 1.89. The van der Waals surface area contributed by atoms with E-state index in [2.05, 4.69) is 4.74 Å². The zero-order valence-corrected chi connectivity index (χ0v) is 9.00. The first-order valence-corrected chi connectivity index (χ1v) is 5.41. The summed E-state index contributed by atoms with van der Waals surface area (Å²) in [7, 11) is 0. The van der Waals surface area contributed by atoms with Crippen LogP contribution in [0.3, 0.4) is 0 Å². The summed E-state index contributed by atoms with van der Waals surface area (Å²) in [5.74, 6) is 0. The molecule has 3 nitrogen and oxygen atoms in total. The topological polar surface area (TPSA) is 38.7 Å². The summed E-state index contributed by atoms with van der Waals surface area (Å²) in [5.41, 5.74) is 0. The molecule has 0 aromatic carbocycles. The molecule has 0 saturated carbocycles. The monoisotopic (exact) mass is 242 g/mol. The van der Waals surface area contributed by atoms with Gasteiger partial charge < -0.3 is 14.6 Å². The third kappa shape index (κ3) is 6.30. The van der Waals surface area contributed by atoms with Crippen molar-refractivity contribution in [1.82, 2.24) is 0 Å². The average Bonchev–Trinajstić information content (AvgIpc) is 2.63. The lowest BCUT2D eigenvalue weighted by molar-refractivity contribution is -0.175. The van der Waals surface area contributed by atoms with Gasteiger partial charge in [-0.3, -0.25) is 0 Å². The standard InChI is InChI=1S/C10H17F3O3/c11-10(12,13)7-15-5-3-8(14)6-9-2-1-4-16-9/h8-9,14H,1-7H2. The van der Waals surface area contributed by atoms with Gasteiger partial charge in [-0.05, 0) is 25.7 Å². The summed E-state index contributed by atoms with van der Waals surface area (Å²) in [5, 5.41) is 9.50. The van der Waals surface area contributed by atoms with Crippen molar-refractivity contribution in [2.45, 2.75) is 44.1 Å². The van der Waals surface area contributed by atoms with E-state index in [-0.39, 0.29) is 19.1 Å². The van der Waals surface area contributed by atoms with Crippen LogP contribution in [0.1, 0.15) is 25.7 Å². The van der Waals surface area contributed by atoms with Crippen LogP contribution in [0.15, 0.2) is 0 Å². The van der Waals surface area contributed by atoms with Crippen molar-refractivity contribution in [1.29, 1.82) is 0 Å². The van der Waals surface area contributed by atoms with Crippen molar-refractivity contribution < 1.29 is 27.8 Å². The predicted molar refractivity (Wildman–Crippen MR) is 51.1 cm³/mol. The zero-order chi connectivity index (χ0) is 12.0. The Labute approximate surface area is 92.5 Å². The minimum absolute atomic E-state index is 0.0533. The average molecular weight is 242 g/mol. The maximum atomic E-state index is 11.7. The normalized spacial score (nSPS) is 23.6. The number of halogens is 3. The molecule has 1 saturated heterocycles. The molecule has 6 heteroatoms. The number of hydrogen-bond acceptors (Lipinski definition) is 3. The molecule has 1 N–H and O–H groups in total. The van der Waals surface area contributed by atoms with Crippen LogP contribution in [0.4, 0.5) is 13.2 Å². The Balaban J connectivity index is 1.99. The fourth-order valence-electron chi connectivity index (χ4n) is 1.66. The zero-order valence-electron chi connectivity index (χ0n) is 9.00. The Bertz CT molecular complexity index is 190. The van der Waals surface area contributed by atoms with E-state index >= 15 is 0 Å². The number of alkyl halides is 3. The van der Waals surface area contributed by atoms with E-state index in [1.165, 1.54) is 0 Å². The minimum Gasteiger partial charge on any atom is -0.393 e. The van der Waals surface area contributed by atoms with Crippen LogP contribution in [0.2, 0.25) is 0 Å². The first kappa shape index (κ1) is 13.7. The highest BCUT2D eigenvalue weighted by Gasteiger charge is 2.27. The molecule has 0 amide bonds. The van der Waals surface area contributed by atoms with E-state index in [1.807, 2.05) is 0 Å². The molecule has 0 aromatic rings. The summed E-state index contributed by atoms with van der Waals surface area (Å²) in [6.07, 6.45) is -2.28. The molecule has 1 aliphatic rings. The maximum Gasteiger partial charge on any atom is 0.411 e. The Kier molecular flexibility index (Phi) is 5.51. The first-order valence-electron chi connectivity index (χ1n) is 5.41. The van der Waals surface area contributed by atoms with Crippen LogP contribution in [0, 0.1) is 0 Å². The van der Waals surface area contributed by atoms with Gasteiger partial charge in [0.1, 0.15) is 6.61 Å². The molecule has 96 valence electrons. The second kappa shape index (κ2) is 6.42. The highest BCUT2D eigenvalue weighted by atomic mass is 19.4. The smallest absolute Gasteiger partial charge is 0.393 e. The molecular weight excluding hydrogens is 225 g/mol. The molecule has 0 spiro atoms. The first-order chi connectivity index (χ1) is 7.47. The van der Waals surface area contributed by atoms with E-state index in [0.29, 0.717) is 13.0 Å². The van der Waals surface area contributed by atoms with Crippen molar-refractivity contribution >= 4 is 0 Å². The Morgan fingerprint density at radius 2 is 2.19 bits per heavy atom. The molecular formula is C10H17F3O3. The van der Waals surface area contributed by atoms with Gasteiger partial charge in [-0.2, -0.15) is 13.2 Å². The molecule has 1 aliphatic heterocycles. The van der Waals surface area contributed by atoms with Gasteiger partial charge in [0.2, 0.25) is 0 Å². The summed E-state index contributed by atoms with van der Waals surface area (Å²) in [6.45, 7) is -0.616. The molecule has 0 aromatic heterocycles. The summed E-state index contributed by atoms with van der Waals surface area (Å²) >= 11 is 0. The van der Waals surface area contributed by atoms with Gasteiger partial charge in [0, 0.05) is 13.2 Å². The molecule has 16 heavy (non-hydrogen) atoms. The van der Waals surface area contributed by atoms with Gasteiger partial charge in [-0.1, -0.05) is 0 Å². The van der Waals surface area contributed by atoms with Crippen LogP contribution in [0.25, 0.3) is 0 Å². The number of rotatable bonds is 6. The van der Waals surface area contributed by atoms with Crippen LogP contribution in [-0.4, -0.2) is 43.3 Å². The maximum absolute atomic E-state index is 11.7. The lowest BCUT2D eigenvalue weighted by Crippen LogP contribution is -2.21. The largest absolute Gasteiger partial charge is 0.411 e. The van der Waals surface area contributed by atoms with Crippen LogP contribution in [-0.2, 0) is 9.47 Å². The van der Waals surface area contributed by atoms with Crippen molar-refractivity contribution in [3.8, 4) is 0 Å². The number of hydrogen-bond donors (Lipinski definition) is 1. The number of aliphatic hydroxyl groups is 1. The number of ether oxygens (including phenoxy) is 2. The summed E-state index contributed by atoms with van der Waals surface area (Å²) in [4.78, 5) is 0. The lowest BCUT2D eigenvalue weighted by Gasteiger charge is -2.15. The third-order valence-electron chi connectivity index (χ3n) is 2.42. The van der Waals surface area contributed by atoms with Crippen molar-refractivity contribution in [3.05, 3.63) is 0 Å². The second-order valence-electron chi connectivity index (χ2n) is 3.98. The molecule has 1 fully saturated rings. The minimum atomic E-state index is -4.29. The van der Waals surface area contributed by atoms with E-state index in [0.717, 1.165) is 12.8 Å². The molecule has 1 heterocycles. The lowest BCUT2D eigenvalue weighted by atomic mass is 10.1. The molecule has 2 atom stereocenters. The number of aliphatic hydroxyl groups excluding tert-OH is 1. The van der Waals surface area contributed by atoms with Crippen LogP contribution < -0.4 is 0 Å². The fraction of sp³-hybridized carbons (Fsp3) is 1.00. The Morgan fingerprint density at radius 3 is 2.75 bits per heavy atom. The van der Waals surface area contributed by atoms with Gasteiger partial charge in [-0.15, -0.1) is 0 Å². The van der Waals surface area contributed by atoms with Crippen molar-refractivity contribution in [2.75, 3.05) is 19.8 Å². The van der Waals surface area contributed by atoms with E-state index < -0.39 is 18.9 Å². The summed E-state index contributed by atoms with van der Waals surface area (Å²) < 4.78 is 44.8. The molecule has 0 bridgehead atoms. The van der Waals surface area contributed by atoms with Gasteiger partial charge in [0.05, 0.1) is 12.2 Å². The van der Waals surface area contributed by atoms with Gasteiger partial charge >= 0.3 is 6.18 Å². The molecule has 1 rings (SSSR count). The van der Waals surface area contributed by atoms with E-state index in [4.69, 9.17) is 4.74 Å². The highest BCUT2D eigenvalue weighted by molar-refractivity contribution is 4.69. The van der Waals surface area contributed by atoms with Crippen molar-refractivity contribution in [2.24, 2.45) is 0 Å². The SMILES string of the molecule is OC(CCOCC(F)(F)F)CC1CCCO1. The van der Waals surface area contributed by atoms with Gasteiger partial charge in [-0.25, -0.2) is 0 Å². The quantitative estimate of drug-likeness (QED) is 0.723. The van der Waals surface area contributed by atoms with Gasteiger partial charge in [0.25, 0.3) is 0 Å². The van der Waals surface area contributed by atoms with Crippen molar-refractivity contribution in [3.63, 3.8) is 0 Å². The van der Waals surface area contributed by atoms with Crippen LogP contribution >= 0.6 is 0 Å².